The molecule has 0 aliphatic carbocycles. The van der Waals surface area contributed by atoms with Crippen molar-refractivity contribution in [1.29, 1.82) is 0 Å². The van der Waals surface area contributed by atoms with Gasteiger partial charge in [0.15, 0.2) is 6.10 Å². The Morgan fingerprint density at radius 2 is 0.623 bits per heavy atom. The molecule has 0 amide bonds. The van der Waals surface area contributed by atoms with Crippen molar-refractivity contribution in [1.82, 2.24) is 0 Å². The summed E-state index contributed by atoms with van der Waals surface area (Å²) in [6.07, 6.45) is 41.0. The summed E-state index contributed by atoms with van der Waals surface area (Å²) < 4.78 is 16.6. The Kier molecular flexibility index (Phi) is 40.3. The van der Waals surface area contributed by atoms with E-state index in [1.807, 2.05) is 0 Å². The fourth-order valence-electron chi connectivity index (χ4n) is 6.98. The average Bonchev–Trinajstić information content (AvgIpc) is 3.14. The van der Waals surface area contributed by atoms with Crippen LogP contribution in [0.1, 0.15) is 259 Å². The molecule has 0 saturated heterocycles. The summed E-state index contributed by atoms with van der Waals surface area (Å²) in [5.41, 5.74) is 0. The van der Waals surface area contributed by atoms with E-state index in [9.17, 15) is 14.4 Å². The smallest absolute Gasteiger partial charge is 0.306 e. The minimum atomic E-state index is -0.757. The first-order valence-corrected chi connectivity index (χ1v) is 23.4. The Balaban J connectivity index is 4.17. The maximum absolute atomic E-state index is 12.7. The summed E-state index contributed by atoms with van der Waals surface area (Å²) in [5, 5.41) is 0. The van der Waals surface area contributed by atoms with E-state index in [1.165, 1.54) is 154 Å². The molecule has 0 aromatic heterocycles. The van der Waals surface area contributed by atoms with Crippen molar-refractivity contribution in [2.24, 2.45) is 5.92 Å². The number of ether oxygens (including phenoxy) is 3. The molecule has 0 aliphatic rings. The van der Waals surface area contributed by atoms with Gasteiger partial charge in [0.2, 0.25) is 0 Å². The number of hydrogen-bond acceptors (Lipinski definition) is 6. The minimum Gasteiger partial charge on any atom is -0.462 e. The monoisotopic (exact) mass is 751 g/mol. The zero-order valence-corrected chi connectivity index (χ0v) is 36.0. The van der Waals surface area contributed by atoms with Crippen LogP contribution in [-0.4, -0.2) is 37.2 Å². The Hall–Kier alpha value is -1.59. The summed E-state index contributed by atoms with van der Waals surface area (Å²) in [5.74, 6) is -0.00934. The first kappa shape index (κ1) is 51.4. The zero-order chi connectivity index (χ0) is 38.9. The van der Waals surface area contributed by atoms with Crippen molar-refractivity contribution >= 4 is 17.9 Å². The van der Waals surface area contributed by atoms with Gasteiger partial charge < -0.3 is 14.2 Å². The lowest BCUT2D eigenvalue weighted by Gasteiger charge is -2.18. The minimum absolute atomic E-state index is 0.0642. The van der Waals surface area contributed by atoms with Crippen LogP contribution in [-0.2, 0) is 28.6 Å². The molecule has 0 N–H and O–H groups in total. The largest absolute Gasteiger partial charge is 0.462 e. The van der Waals surface area contributed by atoms with Crippen LogP contribution < -0.4 is 0 Å². The first-order chi connectivity index (χ1) is 25.9. The van der Waals surface area contributed by atoms with Gasteiger partial charge in [0.25, 0.3) is 0 Å². The van der Waals surface area contributed by atoms with Crippen LogP contribution in [0, 0.1) is 5.92 Å². The molecule has 0 bridgehead atoms. The molecule has 0 rings (SSSR count). The summed E-state index contributed by atoms with van der Waals surface area (Å²) in [7, 11) is 0. The SMILES string of the molecule is CCCCCCCCCCCC(=O)OC[C@H](COC(=O)CCCCCCCCC)OC(=O)CCCCCCCCCCCCCCCCCCC(C)C. The molecule has 0 spiro atoms. The molecule has 0 saturated carbocycles. The Morgan fingerprint density at radius 3 is 0.925 bits per heavy atom. The van der Waals surface area contributed by atoms with E-state index in [0.717, 1.165) is 63.7 Å². The van der Waals surface area contributed by atoms with Gasteiger partial charge in [0.1, 0.15) is 13.2 Å². The van der Waals surface area contributed by atoms with Gasteiger partial charge in [-0.1, -0.05) is 220 Å². The van der Waals surface area contributed by atoms with Crippen LogP contribution >= 0.6 is 0 Å². The van der Waals surface area contributed by atoms with Gasteiger partial charge in [-0.2, -0.15) is 0 Å². The molecule has 0 aromatic carbocycles. The highest BCUT2D eigenvalue weighted by Gasteiger charge is 2.19. The fraction of sp³-hybridized carbons (Fsp3) is 0.936. The average molecular weight is 751 g/mol. The maximum atomic E-state index is 12.7. The number of carbonyl (C=O) groups is 3. The summed E-state index contributed by atoms with van der Waals surface area (Å²) in [4.78, 5) is 37.5. The normalized spacial score (nSPS) is 11.9. The van der Waals surface area contributed by atoms with Gasteiger partial charge in [-0.05, 0) is 25.2 Å². The van der Waals surface area contributed by atoms with Gasteiger partial charge in [-0.3, -0.25) is 14.4 Å². The van der Waals surface area contributed by atoms with E-state index >= 15 is 0 Å². The van der Waals surface area contributed by atoms with E-state index in [0.29, 0.717) is 19.3 Å². The van der Waals surface area contributed by atoms with Crippen LogP contribution in [0.25, 0.3) is 0 Å². The van der Waals surface area contributed by atoms with E-state index in [1.54, 1.807) is 0 Å². The van der Waals surface area contributed by atoms with E-state index in [2.05, 4.69) is 27.7 Å². The second-order valence-electron chi connectivity index (χ2n) is 16.5. The Labute approximate surface area is 329 Å². The quantitative estimate of drug-likeness (QED) is 0.0351. The number of rotatable bonds is 42. The predicted octanol–water partition coefficient (Wildman–Crippen LogP) is 14.7. The van der Waals surface area contributed by atoms with Crippen molar-refractivity contribution in [2.45, 2.75) is 265 Å². The van der Waals surface area contributed by atoms with Gasteiger partial charge in [-0.15, -0.1) is 0 Å². The molecule has 6 nitrogen and oxygen atoms in total. The zero-order valence-electron chi connectivity index (χ0n) is 36.0. The number of hydrogen-bond donors (Lipinski definition) is 0. The molecule has 6 heteroatoms. The number of unbranched alkanes of at least 4 members (excludes halogenated alkanes) is 29. The molecular formula is C47H90O6. The summed E-state index contributed by atoms with van der Waals surface area (Å²) in [6, 6.07) is 0. The van der Waals surface area contributed by atoms with Crippen LogP contribution in [0.2, 0.25) is 0 Å². The predicted molar refractivity (Wildman–Crippen MR) is 224 cm³/mol. The highest BCUT2D eigenvalue weighted by Crippen LogP contribution is 2.16. The lowest BCUT2D eigenvalue weighted by Crippen LogP contribution is -2.30. The molecule has 0 unspecified atom stereocenters. The third kappa shape index (κ3) is 41.4. The van der Waals surface area contributed by atoms with Crippen LogP contribution in [0.4, 0.5) is 0 Å². The number of esters is 3. The Morgan fingerprint density at radius 1 is 0.358 bits per heavy atom. The molecule has 53 heavy (non-hydrogen) atoms. The summed E-state index contributed by atoms with van der Waals surface area (Å²) in [6.45, 7) is 8.96. The Bertz CT molecular complexity index is 796. The van der Waals surface area contributed by atoms with Crippen LogP contribution in [0.5, 0.6) is 0 Å². The van der Waals surface area contributed by atoms with Crippen molar-refractivity contribution in [3.05, 3.63) is 0 Å². The van der Waals surface area contributed by atoms with Gasteiger partial charge in [0.05, 0.1) is 0 Å². The molecule has 0 fully saturated rings. The maximum Gasteiger partial charge on any atom is 0.306 e. The van der Waals surface area contributed by atoms with E-state index in [4.69, 9.17) is 14.2 Å². The molecule has 314 valence electrons. The number of carbonyl (C=O) groups excluding carboxylic acids is 3. The second-order valence-corrected chi connectivity index (χ2v) is 16.5. The first-order valence-electron chi connectivity index (χ1n) is 23.4. The molecule has 0 heterocycles. The summed E-state index contributed by atoms with van der Waals surface area (Å²) >= 11 is 0. The second kappa shape index (κ2) is 41.6. The molecular weight excluding hydrogens is 661 g/mol. The highest BCUT2D eigenvalue weighted by atomic mass is 16.6. The lowest BCUT2D eigenvalue weighted by atomic mass is 10.0. The van der Waals surface area contributed by atoms with Crippen LogP contribution in [0.15, 0.2) is 0 Å². The molecule has 0 aliphatic heterocycles. The van der Waals surface area contributed by atoms with Gasteiger partial charge >= 0.3 is 17.9 Å². The van der Waals surface area contributed by atoms with E-state index < -0.39 is 6.10 Å². The van der Waals surface area contributed by atoms with Crippen molar-refractivity contribution in [2.75, 3.05) is 13.2 Å². The topological polar surface area (TPSA) is 78.9 Å². The molecule has 0 radical (unpaired) electrons. The van der Waals surface area contributed by atoms with Crippen molar-refractivity contribution < 1.29 is 28.6 Å². The third-order valence-corrected chi connectivity index (χ3v) is 10.5. The lowest BCUT2D eigenvalue weighted by molar-refractivity contribution is -0.167. The van der Waals surface area contributed by atoms with Crippen LogP contribution in [0.3, 0.4) is 0 Å². The third-order valence-electron chi connectivity index (χ3n) is 10.5. The van der Waals surface area contributed by atoms with Crippen molar-refractivity contribution in [3.8, 4) is 0 Å². The standard InChI is InChI=1S/C47H90O6/c1-5-7-9-11-13-22-27-31-35-39-46(49)52-42-44(41-51-45(48)38-34-30-25-12-10-8-6-2)53-47(50)40-36-32-28-24-21-19-17-15-14-16-18-20-23-26-29-33-37-43(3)4/h43-44H,5-42H2,1-4H3/t44-/m0/s1. The van der Waals surface area contributed by atoms with Crippen molar-refractivity contribution in [3.63, 3.8) is 0 Å². The molecule has 1 atom stereocenters. The van der Waals surface area contributed by atoms with E-state index in [-0.39, 0.29) is 31.1 Å². The fourth-order valence-corrected chi connectivity index (χ4v) is 6.98. The van der Waals surface area contributed by atoms with Gasteiger partial charge in [-0.25, -0.2) is 0 Å². The molecule has 0 aromatic rings. The van der Waals surface area contributed by atoms with Gasteiger partial charge in [0, 0.05) is 19.3 Å². The highest BCUT2D eigenvalue weighted by molar-refractivity contribution is 5.71.